The summed E-state index contributed by atoms with van der Waals surface area (Å²) in [7, 11) is 0. The molecule has 0 aromatic heterocycles. The summed E-state index contributed by atoms with van der Waals surface area (Å²) in [6.07, 6.45) is 3.33. The first-order valence-corrected chi connectivity index (χ1v) is 7.95. The maximum Gasteiger partial charge on any atom is 0.240 e. The maximum absolute atomic E-state index is 12.2. The van der Waals surface area contributed by atoms with Crippen LogP contribution in [0.2, 0.25) is 0 Å². The highest BCUT2D eigenvalue weighted by molar-refractivity contribution is 9.10. The van der Waals surface area contributed by atoms with E-state index in [9.17, 15) is 9.59 Å². The van der Waals surface area contributed by atoms with Gasteiger partial charge in [0.2, 0.25) is 11.8 Å². The summed E-state index contributed by atoms with van der Waals surface area (Å²) in [6, 6.07) is 6.75. The van der Waals surface area contributed by atoms with Gasteiger partial charge in [0.15, 0.2) is 0 Å². The number of likely N-dealkylation sites (tertiary alicyclic amines) is 1. The molecule has 5 nitrogen and oxygen atoms in total. The van der Waals surface area contributed by atoms with Crippen molar-refractivity contribution >= 4 is 33.4 Å². The maximum atomic E-state index is 12.2. The first kappa shape index (κ1) is 15.8. The number of nitrogens with two attached hydrogens (primary N) is 1. The minimum absolute atomic E-state index is 0.0130. The lowest BCUT2D eigenvalue weighted by molar-refractivity contribution is -0.134. The van der Waals surface area contributed by atoms with E-state index in [4.69, 9.17) is 5.73 Å². The molecule has 3 N–H and O–H groups in total. The number of hydrogen-bond acceptors (Lipinski definition) is 3. The van der Waals surface area contributed by atoms with Gasteiger partial charge >= 0.3 is 0 Å². The molecule has 0 bridgehead atoms. The van der Waals surface area contributed by atoms with E-state index in [1.165, 1.54) is 6.42 Å². The smallest absolute Gasteiger partial charge is 0.240 e. The number of benzene rings is 1. The van der Waals surface area contributed by atoms with E-state index < -0.39 is 11.9 Å². The molecule has 1 saturated heterocycles. The Balaban J connectivity index is 1.98. The highest BCUT2D eigenvalue weighted by atomic mass is 79.9. The predicted molar refractivity (Wildman–Crippen MR) is 85.8 cm³/mol. The molecule has 0 saturated carbocycles. The first-order chi connectivity index (χ1) is 10.1. The fourth-order valence-electron chi connectivity index (χ4n) is 2.45. The number of anilines is 1. The Morgan fingerprint density at radius 1 is 1.29 bits per heavy atom. The third kappa shape index (κ3) is 4.74. The SMILES string of the molecule is NC(=O)C(CC(=O)N1CCCCC1)Nc1cccc(Br)c1. The second kappa shape index (κ2) is 7.45. The van der Waals surface area contributed by atoms with Crippen molar-refractivity contribution in [2.45, 2.75) is 31.7 Å². The molecule has 0 aliphatic carbocycles. The van der Waals surface area contributed by atoms with Crippen molar-refractivity contribution in [3.63, 3.8) is 0 Å². The van der Waals surface area contributed by atoms with E-state index in [1.807, 2.05) is 29.2 Å². The van der Waals surface area contributed by atoms with Gasteiger partial charge in [0.05, 0.1) is 6.42 Å². The summed E-state index contributed by atoms with van der Waals surface area (Å²) in [5, 5.41) is 3.04. The largest absolute Gasteiger partial charge is 0.373 e. The molecule has 1 fully saturated rings. The van der Waals surface area contributed by atoms with Crippen LogP contribution >= 0.6 is 15.9 Å². The molecule has 0 spiro atoms. The monoisotopic (exact) mass is 353 g/mol. The summed E-state index contributed by atoms with van der Waals surface area (Å²) in [4.78, 5) is 25.6. The Bertz CT molecular complexity index is 515. The van der Waals surface area contributed by atoms with Crippen molar-refractivity contribution < 1.29 is 9.59 Å². The number of rotatable bonds is 5. The zero-order chi connectivity index (χ0) is 15.2. The molecule has 21 heavy (non-hydrogen) atoms. The van der Waals surface area contributed by atoms with Gasteiger partial charge in [0.1, 0.15) is 6.04 Å². The summed E-state index contributed by atoms with van der Waals surface area (Å²) in [6.45, 7) is 1.56. The van der Waals surface area contributed by atoms with Crippen LogP contribution in [-0.4, -0.2) is 35.8 Å². The molecule has 0 radical (unpaired) electrons. The van der Waals surface area contributed by atoms with Crippen molar-refractivity contribution in [2.75, 3.05) is 18.4 Å². The fraction of sp³-hybridized carbons (Fsp3) is 0.467. The fourth-order valence-corrected chi connectivity index (χ4v) is 2.85. The number of amides is 2. The molecule has 1 aliphatic heterocycles. The Kier molecular flexibility index (Phi) is 5.61. The number of carbonyl (C=O) groups excluding carboxylic acids is 2. The Morgan fingerprint density at radius 3 is 2.62 bits per heavy atom. The van der Waals surface area contributed by atoms with Crippen molar-refractivity contribution in [1.29, 1.82) is 0 Å². The minimum atomic E-state index is -0.686. The Labute approximate surface area is 133 Å². The van der Waals surface area contributed by atoms with E-state index in [0.29, 0.717) is 0 Å². The van der Waals surface area contributed by atoms with Crippen LogP contribution in [0.3, 0.4) is 0 Å². The van der Waals surface area contributed by atoms with Gasteiger partial charge in [-0.15, -0.1) is 0 Å². The summed E-state index contributed by atoms with van der Waals surface area (Å²) in [5.74, 6) is -0.527. The van der Waals surface area contributed by atoms with Gasteiger partial charge in [-0.25, -0.2) is 0 Å². The molecule has 1 aliphatic rings. The van der Waals surface area contributed by atoms with Gasteiger partial charge in [-0.2, -0.15) is 0 Å². The number of halogens is 1. The Morgan fingerprint density at radius 2 is 2.00 bits per heavy atom. The third-order valence-electron chi connectivity index (χ3n) is 3.60. The highest BCUT2D eigenvalue weighted by Gasteiger charge is 2.24. The molecule has 1 atom stereocenters. The topological polar surface area (TPSA) is 75.4 Å². The molecule has 2 amide bonds. The lowest BCUT2D eigenvalue weighted by atomic mass is 10.1. The highest BCUT2D eigenvalue weighted by Crippen LogP contribution is 2.18. The van der Waals surface area contributed by atoms with Gasteiger partial charge in [0.25, 0.3) is 0 Å². The van der Waals surface area contributed by atoms with Crippen LogP contribution in [0.25, 0.3) is 0 Å². The molecule has 1 unspecified atom stereocenters. The van der Waals surface area contributed by atoms with Crippen molar-refractivity contribution in [3.05, 3.63) is 28.7 Å². The van der Waals surface area contributed by atoms with E-state index in [1.54, 1.807) is 0 Å². The number of primary amides is 1. The van der Waals surface area contributed by atoms with Crippen LogP contribution in [0.1, 0.15) is 25.7 Å². The number of carbonyl (C=O) groups is 2. The van der Waals surface area contributed by atoms with Gasteiger partial charge in [-0.1, -0.05) is 22.0 Å². The Hall–Kier alpha value is -1.56. The van der Waals surface area contributed by atoms with E-state index in [0.717, 1.165) is 36.1 Å². The van der Waals surface area contributed by atoms with Crippen LogP contribution in [0, 0.1) is 0 Å². The lowest BCUT2D eigenvalue weighted by Gasteiger charge is -2.28. The zero-order valence-electron chi connectivity index (χ0n) is 11.8. The normalized spacial score (nSPS) is 16.3. The quantitative estimate of drug-likeness (QED) is 0.851. The second-order valence-corrected chi connectivity index (χ2v) is 6.17. The summed E-state index contributed by atoms with van der Waals surface area (Å²) < 4.78 is 0.901. The lowest BCUT2D eigenvalue weighted by Crippen LogP contribution is -2.43. The van der Waals surface area contributed by atoms with Gasteiger partial charge in [0, 0.05) is 23.2 Å². The standard InChI is InChI=1S/C15H20BrN3O2/c16-11-5-4-6-12(9-11)18-13(15(17)21)10-14(20)19-7-2-1-3-8-19/h4-6,9,13,18H,1-3,7-8,10H2,(H2,17,21). The van der Waals surface area contributed by atoms with E-state index in [-0.39, 0.29) is 12.3 Å². The molecule has 6 heteroatoms. The third-order valence-corrected chi connectivity index (χ3v) is 4.09. The van der Waals surface area contributed by atoms with Crippen molar-refractivity contribution in [1.82, 2.24) is 4.90 Å². The molecule has 1 aromatic rings. The predicted octanol–water partition coefficient (Wildman–Crippen LogP) is 2.12. The molecule has 114 valence electrons. The molecule has 2 rings (SSSR count). The first-order valence-electron chi connectivity index (χ1n) is 7.15. The average Bonchev–Trinajstić information content (AvgIpc) is 2.47. The van der Waals surface area contributed by atoms with Crippen LogP contribution in [0.5, 0.6) is 0 Å². The minimum Gasteiger partial charge on any atom is -0.373 e. The van der Waals surface area contributed by atoms with E-state index in [2.05, 4.69) is 21.2 Å². The number of hydrogen-bond donors (Lipinski definition) is 2. The van der Waals surface area contributed by atoms with Crippen LogP contribution in [0.4, 0.5) is 5.69 Å². The second-order valence-electron chi connectivity index (χ2n) is 5.26. The van der Waals surface area contributed by atoms with E-state index >= 15 is 0 Å². The van der Waals surface area contributed by atoms with Crippen LogP contribution < -0.4 is 11.1 Å². The van der Waals surface area contributed by atoms with Gasteiger partial charge < -0.3 is 16.0 Å². The molecule has 1 aromatic carbocycles. The zero-order valence-corrected chi connectivity index (χ0v) is 13.4. The molecular formula is C15H20BrN3O2. The van der Waals surface area contributed by atoms with Crippen molar-refractivity contribution in [2.24, 2.45) is 5.73 Å². The van der Waals surface area contributed by atoms with Crippen LogP contribution in [-0.2, 0) is 9.59 Å². The summed E-state index contributed by atoms with van der Waals surface area (Å²) >= 11 is 3.37. The van der Waals surface area contributed by atoms with Crippen molar-refractivity contribution in [3.8, 4) is 0 Å². The number of piperidine rings is 1. The number of nitrogens with one attached hydrogen (secondary N) is 1. The van der Waals surface area contributed by atoms with Gasteiger partial charge in [-0.3, -0.25) is 9.59 Å². The number of nitrogens with zero attached hydrogens (tertiary/aromatic N) is 1. The summed E-state index contributed by atoms with van der Waals surface area (Å²) in [5.41, 5.74) is 6.18. The van der Waals surface area contributed by atoms with Crippen LogP contribution in [0.15, 0.2) is 28.7 Å². The molecular weight excluding hydrogens is 334 g/mol. The van der Waals surface area contributed by atoms with Gasteiger partial charge in [-0.05, 0) is 37.5 Å². The average molecular weight is 354 g/mol. The molecule has 1 heterocycles.